The van der Waals surface area contributed by atoms with Crippen LogP contribution in [-0.4, -0.2) is 9.78 Å². The molecule has 0 saturated carbocycles. The molecule has 0 radical (unpaired) electrons. The minimum absolute atomic E-state index is 0.296. The third-order valence-corrected chi connectivity index (χ3v) is 3.00. The van der Waals surface area contributed by atoms with Crippen molar-refractivity contribution in [3.63, 3.8) is 0 Å². The number of hydrogen-bond donors (Lipinski definition) is 1. The van der Waals surface area contributed by atoms with E-state index in [1.54, 1.807) is 4.68 Å². The van der Waals surface area contributed by atoms with E-state index in [4.69, 9.17) is 15.7 Å². The van der Waals surface area contributed by atoms with Gasteiger partial charge in [0.15, 0.2) is 5.56 Å². The molecule has 0 amide bonds. The van der Waals surface area contributed by atoms with Crippen LogP contribution in [0.15, 0.2) is 24.3 Å². The van der Waals surface area contributed by atoms with Crippen LogP contribution >= 0.6 is 0 Å². The van der Waals surface area contributed by atoms with Gasteiger partial charge in [0, 0.05) is 6.54 Å². The third-order valence-electron chi connectivity index (χ3n) is 3.00. The summed E-state index contributed by atoms with van der Waals surface area (Å²) in [4.78, 5) is 0. The van der Waals surface area contributed by atoms with Crippen molar-refractivity contribution in [1.29, 1.82) is 5.26 Å². The molecule has 0 fully saturated rings. The molecule has 2 N–H and O–H groups in total. The first-order valence-corrected chi connectivity index (χ1v) is 6.11. The van der Waals surface area contributed by atoms with Crippen LogP contribution < -0.4 is 10.5 Å². The van der Waals surface area contributed by atoms with E-state index in [9.17, 15) is 0 Å². The van der Waals surface area contributed by atoms with Crippen molar-refractivity contribution in [3.8, 4) is 11.9 Å². The van der Waals surface area contributed by atoms with Crippen molar-refractivity contribution in [2.75, 3.05) is 5.73 Å². The first-order chi connectivity index (χ1) is 9.17. The third kappa shape index (κ3) is 2.52. The number of nitrogens with zero attached hydrogens (tertiary/aromatic N) is 3. The lowest BCUT2D eigenvalue weighted by Gasteiger charge is -2.06. The Morgan fingerprint density at radius 1 is 1.42 bits per heavy atom. The first-order valence-electron chi connectivity index (χ1n) is 6.11. The van der Waals surface area contributed by atoms with Crippen LogP contribution in [0.5, 0.6) is 5.88 Å². The summed E-state index contributed by atoms with van der Waals surface area (Å²) < 4.78 is 7.19. The van der Waals surface area contributed by atoms with Crippen LogP contribution in [-0.2, 0) is 13.2 Å². The minimum Gasteiger partial charge on any atom is -0.471 e. The average Bonchev–Trinajstić information content (AvgIpc) is 2.73. The molecule has 98 valence electrons. The number of nitriles is 1. The highest BCUT2D eigenvalue weighted by Gasteiger charge is 2.16. The van der Waals surface area contributed by atoms with Crippen LogP contribution in [0.1, 0.15) is 23.6 Å². The molecule has 0 unspecified atom stereocenters. The minimum atomic E-state index is 0.296. The molecule has 0 bridgehead atoms. The Bertz CT molecular complexity index is 625. The van der Waals surface area contributed by atoms with E-state index in [0.717, 1.165) is 11.1 Å². The van der Waals surface area contributed by atoms with Gasteiger partial charge in [0.1, 0.15) is 18.5 Å². The fraction of sp³-hybridized carbons (Fsp3) is 0.286. The summed E-state index contributed by atoms with van der Waals surface area (Å²) in [5.74, 6) is 0.648. The quantitative estimate of drug-likeness (QED) is 0.910. The molecule has 1 aromatic carbocycles. The summed E-state index contributed by atoms with van der Waals surface area (Å²) in [6.45, 7) is 4.91. The van der Waals surface area contributed by atoms with E-state index in [0.29, 0.717) is 30.4 Å². The van der Waals surface area contributed by atoms with Gasteiger partial charge in [-0.25, -0.2) is 4.68 Å². The molecule has 1 aromatic heterocycles. The predicted octanol–water partition coefficient (Wildman–Crippen LogP) is 2.24. The van der Waals surface area contributed by atoms with Gasteiger partial charge in [-0.05, 0) is 25.0 Å². The molecular formula is C14H16N4O. The Morgan fingerprint density at radius 3 is 2.79 bits per heavy atom. The summed E-state index contributed by atoms with van der Waals surface area (Å²) in [5.41, 5.74) is 8.33. The lowest BCUT2D eigenvalue weighted by atomic mass is 10.1. The highest BCUT2D eigenvalue weighted by atomic mass is 16.5. The predicted molar refractivity (Wildman–Crippen MR) is 72.5 cm³/mol. The molecular weight excluding hydrogens is 240 g/mol. The van der Waals surface area contributed by atoms with E-state index >= 15 is 0 Å². The van der Waals surface area contributed by atoms with Crippen molar-refractivity contribution < 1.29 is 4.74 Å². The van der Waals surface area contributed by atoms with Gasteiger partial charge >= 0.3 is 0 Å². The van der Waals surface area contributed by atoms with Gasteiger partial charge in [-0.1, -0.05) is 24.3 Å². The van der Waals surface area contributed by atoms with Crippen molar-refractivity contribution in [1.82, 2.24) is 9.78 Å². The number of nitrogens with two attached hydrogens (primary N) is 1. The van der Waals surface area contributed by atoms with E-state index in [1.165, 1.54) is 0 Å². The van der Waals surface area contributed by atoms with Crippen LogP contribution in [0.25, 0.3) is 0 Å². The second kappa shape index (κ2) is 5.44. The highest BCUT2D eigenvalue weighted by Crippen LogP contribution is 2.23. The Morgan fingerprint density at radius 2 is 2.16 bits per heavy atom. The van der Waals surface area contributed by atoms with Crippen molar-refractivity contribution in [2.45, 2.75) is 27.0 Å². The zero-order chi connectivity index (χ0) is 13.8. The normalized spacial score (nSPS) is 10.2. The lowest BCUT2D eigenvalue weighted by Crippen LogP contribution is -2.02. The van der Waals surface area contributed by atoms with Crippen molar-refractivity contribution in [2.24, 2.45) is 0 Å². The largest absolute Gasteiger partial charge is 0.471 e. The maximum Gasteiger partial charge on any atom is 0.253 e. The van der Waals surface area contributed by atoms with Gasteiger partial charge in [-0.15, -0.1) is 5.10 Å². The molecule has 1 heterocycles. The fourth-order valence-electron chi connectivity index (χ4n) is 1.82. The molecule has 0 atom stereocenters. The molecule has 2 rings (SSSR count). The van der Waals surface area contributed by atoms with E-state index in [-0.39, 0.29) is 0 Å². The zero-order valence-corrected chi connectivity index (χ0v) is 11.1. The Labute approximate surface area is 112 Å². The number of nitrogen functional groups attached to an aromatic ring is 1. The molecule has 0 saturated heterocycles. The Kier molecular flexibility index (Phi) is 3.71. The monoisotopic (exact) mass is 256 g/mol. The maximum absolute atomic E-state index is 9.10. The molecule has 19 heavy (non-hydrogen) atoms. The maximum atomic E-state index is 9.10. The van der Waals surface area contributed by atoms with Crippen LogP contribution in [0, 0.1) is 18.3 Å². The zero-order valence-electron chi connectivity index (χ0n) is 11.1. The van der Waals surface area contributed by atoms with Gasteiger partial charge in [-0.2, -0.15) is 5.26 Å². The molecule has 0 aliphatic heterocycles. The summed E-state index contributed by atoms with van der Waals surface area (Å²) in [6.07, 6.45) is 0. The number of anilines is 1. The number of aryl methyl sites for hydroxylation is 2. The van der Waals surface area contributed by atoms with Crippen LogP contribution in [0.4, 0.5) is 5.82 Å². The van der Waals surface area contributed by atoms with Crippen LogP contribution in [0.2, 0.25) is 0 Å². The SMILES string of the molecule is CCn1nc(OCc2ccccc2C)c(C#N)c1N. The summed E-state index contributed by atoms with van der Waals surface area (Å²) in [7, 11) is 0. The standard InChI is InChI=1S/C14H16N4O/c1-3-18-13(16)12(8-15)14(17-18)19-9-11-7-5-4-6-10(11)2/h4-7H,3,9,16H2,1-2H3. The van der Waals surface area contributed by atoms with Crippen LogP contribution in [0.3, 0.4) is 0 Å². The molecule has 0 aliphatic rings. The molecule has 5 nitrogen and oxygen atoms in total. The topological polar surface area (TPSA) is 76.9 Å². The van der Waals surface area contributed by atoms with Gasteiger partial charge in [0.25, 0.3) is 5.88 Å². The summed E-state index contributed by atoms with van der Waals surface area (Å²) in [6, 6.07) is 9.97. The van der Waals surface area contributed by atoms with E-state index < -0.39 is 0 Å². The number of hydrogen-bond acceptors (Lipinski definition) is 4. The van der Waals surface area contributed by atoms with E-state index in [2.05, 4.69) is 5.10 Å². The molecule has 2 aromatic rings. The van der Waals surface area contributed by atoms with E-state index in [1.807, 2.05) is 44.2 Å². The number of ether oxygens (including phenoxy) is 1. The summed E-state index contributed by atoms with van der Waals surface area (Å²) >= 11 is 0. The van der Waals surface area contributed by atoms with Gasteiger partial charge < -0.3 is 10.5 Å². The van der Waals surface area contributed by atoms with Crippen molar-refractivity contribution >= 4 is 5.82 Å². The number of benzene rings is 1. The first kappa shape index (κ1) is 13.0. The Balaban J connectivity index is 2.21. The summed E-state index contributed by atoms with van der Waals surface area (Å²) in [5, 5.41) is 13.3. The second-order valence-corrected chi connectivity index (χ2v) is 4.21. The molecule has 0 aliphatic carbocycles. The second-order valence-electron chi connectivity index (χ2n) is 4.21. The Hall–Kier alpha value is -2.48. The number of aromatic nitrogens is 2. The van der Waals surface area contributed by atoms with Crippen molar-refractivity contribution in [3.05, 3.63) is 41.0 Å². The smallest absolute Gasteiger partial charge is 0.253 e. The fourth-order valence-corrected chi connectivity index (χ4v) is 1.82. The van der Waals surface area contributed by atoms with Gasteiger partial charge in [0.05, 0.1) is 0 Å². The molecule has 0 spiro atoms. The van der Waals surface area contributed by atoms with Gasteiger partial charge in [0.2, 0.25) is 0 Å². The van der Waals surface area contributed by atoms with Gasteiger partial charge in [-0.3, -0.25) is 0 Å². The number of rotatable bonds is 4. The molecule has 5 heteroatoms. The highest BCUT2D eigenvalue weighted by molar-refractivity contribution is 5.55. The lowest BCUT2D eigenvalue weighted by molar-refractivity contribution is 0.288. The average molecular weight is 256 g/mol.